The van der Waals surface area contributed by atoms with Crippen LogP contribution < -0.4 is 5.73 Å². The highest BCUT2D eigenvalue weighted by Gasteiger charge is 2.23. The third kappa shape index (κ3) is 3.55. The summed E-state index contributed by atoms with van der Waals surface area (Å²) in [5, 5.41) is 6.07. The maximum Gasteiger partial charge on any atom is 0.135 e. The molecule has 0 spiro atoms. The number of pyridine rings is 1. The summed E-state index contributed by atoms with van der Waals surface area (Å²) in [6.45, 7) is 0. The Morgan fingerprint density at radius 2 is 1.68 bits per heavy atom. The van der Waals surface area contributed by atoms with Gasteiger partial charge in [-0.05, 0) is 35.9 Å². The lowest BCUT2D eigenvalue weighted by atomic mass is 10.0. The molecule has 0 saturated carbocycles. The molecule has 5 aromatic rings. The van der Waals surface area contributed by atoms with Gasteiger partial charge in [-0.3, -0.25) is 4.98 Å². The lowest BCUT2D eigenvalue weighted by molar-refractivity contribution is 0.817. The number of benzene rings is 2. The number of nitrogens with zero attached hydrogens (tertiary/aromatic N) is 5. The molecule has 2 aromatic carbocycles. The van der Waals surface area contributed by atoms with E-state index in [0.29, 0.717) is 26.8 Å². The maximum atomic E-state index is 6.55. The van der Waals surface area contributed by atoms with Crippen molar-refractivity contribution in [3.8, 4) is 16.9 Å². The van der Waals surface area contributed by atoms with Gasteiger partial charge < -0.3 is 5.73 Å². The summed E-state index contributed by atoms with van der Waals surface area (Å²) in [6, 6.07) is 18.3. The molecule has 0 saturated heterocycles. The minimum absolute atomic E-state index is 0.508. The highest BCUT2D eigenvalue weighted by atomic mass is 35.5. The van der Waals surface area contributed by atoms with Crippen molar-refractivity contribution in [1.82, 2.24) is 24.7 Å². The quantitative estimate of drug-likeness (QED) is 0.408. The molecule has 0 aliphatic heterocycles. The molecule has 0 amide bonds. The summed E-state index contributed by atoms with van der Waals surface area (Å²) in [7, 11) is 0. The van der Waals surface area contributed by atoms with Crippen molar-refractivity contribution >= 4 is 34.2 Å². The Hall–Kier alpha value is -3.32. The van der Waals surface area contributed by atoms with Gasteiger partial charge in [0.2, 0.25) is 0 Å². The van der Waals surface area contributed by atoms with E-state index in [9.17, 15) is 0 Å². The first-order valence-electron chi connectivity index (χ1n) is 9.53. The number of hydrogen-bond donors (Lipinski definition) is 1. The monoisotopic (exact) mass is 446 g/mol. The number of aromatic nitrogens is 5. The Balaban J connectivity index is 1.80. The smallest absolute Gasteiger partial charge is 0.135 e. The van der Waals surface area contributed by atoms with E-state index in [0.717, 1.165) is 22.5 Å². The van der Waals surface area contributed by atoms with Crippen LogP contribution in [0.4, 0.5) is 0 Å². The second kappa shape index (κ2) is 8.07. The van der Waals surface area contributed by atoms with E-state index in [2.05, 4.69) is 15.0 Å². The largest absolute Gasteiger partial charge is 0.319 e. The van der Waals surface area contributed by atoms with E-state index in [1.54, 1.807) is 17.1 Å². The van der Waals surface area contributed by atoms with Crippen molar-refractivity contribution in [2.45, 2.75) is 6.04 Å². The van der Waals surface area contributed by atoms with Gasteiger partial charge in [0.05, 0.1) is 22.4 Å². The number of halogens is 2. The molecule has 1 unspecified atom stereocenters. The minimum Gasteiger partial charge on any atom is -0.319 e. The van der Waals surface area contributed by atoms with Gasteiger partial charge in [-0.2, -0.15) is 5.10 Å². The number of nitrogens with two attached hydrogens (primary N) is 1. The molecule has 152 valence electrons. The fourth-order valence-electron chi connectivity index (χ4n) is 3.52. The van der Waals surface area contributed by atoms with Crippen molar-refractivity contribution in [1.29, 1.82) is 0 Å². The van der Waals surface area contributed by atoms with Crippen molar-refractivity contribution in [2.75, 3.05) is 0 Å². The van der Waals surface area contributed by atoms with Gasteiger partial charge in [0.25, 0.3) is 0 Å². The van der Waals surface area contributed by atoms with Gasteiger partial charge in [-0.15, -0.1) is 0 Å². The average molecular weight is 447 g/mol. The Morgan fingerprint density at radius 1 is 0.871 bits per heavy atom. The van der Waals surface area contributed by atoms with Gasteiger partial charge >= 0.3 is 0 Å². The first kappa shape index (κ1) is 19.6. The molecule has 31 heavy (non-hydrogen) atoms. The normalized spacial score (nSPS) is 12.2. The molecule has 0 fully saturated rings. The molecule has 5 rings (SSSR count). The predicted molar refractivity (Wildman–Crippen MR) is 122 cm³/mol. The lowest BCUT2D eigenvalue weighted by Crippen LogP contribution is -2.14. The van der Waals surface area contributed by atoms with Crippen molar-refractivity contribution in [3.05, 3.63) is 101 Å². The Bertz CT molecular complexity index is 1370. The zero-order valence-electron chi connectivity index (χ0n) is 16.2. The van der Waals surface area contributed by atoms with E-state index in [1.165, 1.54) is 6.33 Å². The number of fused-ring (bicyclic) bond motifs is 1. The maximum absolute atomic E-state index is 6.55. The summed E-state index contributed by atoms with van der Waals surface area (Å²) in [4.78, 5) is 13.2. The second-order valence-electron chi connectivity index (χ2n) is 6.94. The topological polar surface area (TPSA) is 82.5 Å². The Kier molecular flexibility index (Phi) is 5.11. The van der Waals surface area contributed by atoms with Crippen LogP contribution in [0.15, 0.2) is 79.4 Å². The van der Waals surface area contributed by atoms with E-state index >= 15 is 0 Å². The summed E-state index contributed by atoms with van der Waals surface area (Å²) in [6.07, 6.45) is 4.94. The van der Waals surface area contributed by atoms with Crippen molar-refractivity contribution < 1.29 is 0 Å². The highest BCUT2D eigenvalue weighted by molar-refractivity contribution is 6.32. The highest BCUT2D eigenvalue weighted by Crippen LogP contribution is 2.35. The molecule has 3 heterocycles. The van der Waals surface area contributed by atoms with Gasteiger partial charge in [0.1, 0.15) is 23.1 Å². The minimum atomic E-state index is -0.508. The zero-order chi connectivity index (χ0) is 21.4. The van der Waals surface area contributed by atoms with Crippen molar-refractivity contribution in [3.63, 3.8) is 0 Å². The van der Waals surface area contributed by atoms with E-state index < -0.39 is 6.04 Å². The van der Waals surface area contributed by atoms with Gasteiger partial charge in [-0.25, -0.2) is 14.6 Å². The van der Waals surface area contributed by atoms with Crippen LogP contribution in [0.5, 0.6) is 0 Å². The molecule has 8 heteroatoms. The van der Waals surface area contributed by atoms with E-state index in [4.69, 9.17) is 34.0 Å². The predicted octanol–water partition coefficient (Wildman–Crippen LogP) is 5.23. The average Bonchev–Trinajstić information content (AvgIpc) is 3.19. The standard InChI is InChI=1S/C23H16Cl2N6/c24-16-9-7-14(8-10-16)23-22-21(30-31(23)18-6-2-1-5-17(18)25)20(28-13-29-22)19(26)15-4-3-11-27-12-15/h1-13,19H,26H2. The fourth-order valence-corrected chi connectivity index (χ4v) is 3.87. The Morgan fingerprint density at radius 3 is 2.42 bits per heavy atom. The van der Waals surface area contributed by atoms with Gasteiger partial charge in [0.15, 0.2) is 0 Å². The van der Waals surface area contributed by atoms with Crippen LogP contribution in [0.2, 0.25) is 10.0 Å². The molecular formula is C23H16Cl2N6. The summed E-state index contributed by atoms with van der Waals surface area (Å²) >= 11 is 12.6. The summed E-state index contributed by atoms with van der Waals surface area (Å²) < 4.78 is 1.78. The first-order chi connectivity index (χ1) is 15.1. The molecule has 3 aromatic heterocycles. The zero-order valence-corrected chi connectivity index (χ0v) is 17.7. The molecule has 6 nitrogen and oxygen atoms in total. The molecule has 0 radical (unpaired) electrons. The number of rotatable bonds is 4. The molecular weight excluding hydrogens is 431 g/mol. The summed E-state index contributed by atoms with van der Waals surface area (Å²) in [5.74, 6) is 0. The third-order valence-corrected chi connectivity index (χ3v) is 5.59. The van der Waals surface area contributed by atoms with Gasteiger partial charge in [0, 0.05) is 23.0 Å². The number of hydrogen-bond acceptors (Lipinski definition) is 5. The van der Waals surface area contributed by atoms with Crippen LogP contribution in [0.3, 0.4) is 0 Å². The van der Waals surface area contributed by atoms with Crippen LogP contribution in [0.25, 0.3) is 28.0 Å². The first-order valence-corrected chi connectivity index (χ1v) is 10.3. The fraction of sp³-hybridized carbons (Fsp3) is 0.0435. The van der Waals surface area contributed by atoms with Crippen LogP contribution >= 0.6 is 23.2 Å². The summed E-state index contributed by atoms with van der Waals surface area (Å²) in [5.41, 5.74) is 11.7. The molecule has 0 bridgehead atoms. The second-order valence-corrected chi connectivity index (χ2v) is 7.78. The van der Waals surface area contributed by atoms with Gasteiger partial charge in [-0.1, -0.05) is 53.5 Å². The molecule has 1 atom stereocenters. The van der Waals surface area contributed by atoms with E-state index in [1.807, 2.05) is 60.7 Å². The van der Waals surface area contributed by atoms with Crippen molar-refractivity contribution in [2.24, 2.45) is 5.73 Å². The molecule has 0 aliphatic rings. The lowest BCUT2D eigenvalue weighted by Gasteiger charge is -2.10. The van der Waals surface area contributed by atoms with Crippen LogP contribution in [0, 0.1) is 0 Å². The third-order valence-electron chi connectivity index (χ3n) is 5.02. The molecule has 2 N–H and O–H groups in total. The van der Waals surface area contributed by atoms with E-state index in [-0.39, 0.29) is 0 Å². The van der Waals surface area contributed by atoms with Crippen LogP contribution in [-0.4, -0.2) is 24.7 Å². The Labute approximate surface area is 188 Å². The van der Waals surface area contributed by atoms with Crippen LogP contribution in [0.1, 0.15) is 17.3 Å². The number of para-hydroxylation sites is 1. The van der Waals surface area contributed by atoms with Crippen LogP contribution in [-0.2, 0) is 0 Å². The SMILES string of the molecule is NC(c1cccnc1)c1ncnc2c(-c3ccc(Cl)cc3)n(-c3ccccc3Cl)nc12. The molecule has 0 aliphatic carbocycles.